The fourth-order valence-corrected chi connectivity index (χ4v) is 1.75. The molecule has 2 aromatic rings. The summed E-state index contributed by atoms with van der Waals surface area (Å²) < 4.78 is 0. The van der Waals surface area contributed by atoms with Crippen LogP contribution in [0, 0.1) is 0 Å². The molecule has 0 spiro atoms. The average Bonchev–Trinajstić information content (AvgIpc) is 2.77. The molecule has 88 valence electrons. The van der Waals surface area contributed by atoms with E-state index in [1.165, 1.54) is 11.8 Å². The number of Topliss-reactive ketones (excluding diaryl/α,β-unsaturated/α-hetero) is 1. The Morgan fingerprint density at radius 2 is 2.06 bits per heavy atom. The molecular formula is C13H15N3O. The van der Waals surface area contributed by atoms with E-state index in [2.05, 4.69) is 22.3 Å². The Bertz CT molecular complexity index is 490. The lowest BCUT2D eigenvalue weighted by Gasteiger charge is -2.00. The van der Waals surface area contributed by atoms with E-state index < -0.39 is 0 Å². The van der Waals surface area contributed by atoms with Crippen LogP contribution in [0.5, 0.6) is 0 Å². The lowest BCUT2D eigenvalue weighted by Crippen LogP contribution is -2.02. The number of anilines is 1. The summed E-state index contributed by atoms with van der Waals surface area (Å²) in [7, 11) is 0. The molecule has 0 fully saturated rings. The SMILES string of the molecule is Nc1[nH]ncc1C(=O)CCCc1ccccc1. The van der Waals surface area contributed by atoms with Crippen molar-refractivity contribution in [3.05, 3.63) is 47.7 Å². The van der Waals surface area contributed by atoms with Gasteiger partial charge in [-0.3, -0.25) is 9.89 Å². The first kappa shape index (κ1) is 11.4. The van der Waals surface area contributed by atoms with Gasteiger partial charge in [-0.1, -0.05) is 30.3 Å². The highest BCUT2D eigenvalue weighted by Gasteiger charge is 2.10. The largest absolute Gasteiger partial charge is 0.383 e. The lowest BCUT2D eigenvalue weighted by atomic mass is 10.0. The summed E-state index contributed by atoms with van der Waals surface area (Å²) >= 11 is 0. The van der Waals surface area contributed by atoms with Gasteiger partial charge in [0.15, 0.2) is 5.78 Å². The second-order valence-corrected chi connectivity index (χ2v) is 3.96. The van der Waals surface area contributed by atoms with Crippen LogP contribution < -0.4 is 5.73 Å². The maximum absolute atomic E-state index is 11.8. The zero-order chi connectivity index (χ0) is 12.1. The van der Waals surface area contributed by atoms with E-state index in [1.807, 2.05) is 18.2 Å². The number of hydrogen-bond acceptors (Lipinski definition) is 3. The molecule has 0 amide bonds. The molecule has 0 saturated heterocycles. The second-order valence-electron chi connectivity index (χ2n) is 3.96. The van der Waals surface area contributed by atoms with Crippen molar-refractivity contribution in [2.75, 3.05) is 5.73 Å². The maximum Gasteiger partial charge on any atom is 0.168 e. The molecule has 2 rings (SSSR count). The van der Waals surface area contributed by atoms with Gasteiger partial charge in [0.2, 0.25) is 0 Å². The van der Waals surface area contributed by atoms with Crippen LogP contribution in [0.2, 0.25) is 0 Å². The van der Waals surface area contributed by atoms with Crippen LogP contribution in [0.25, 0.3) is 0 Å². The molecule has 17 heavy (non-hydrogen) atoms. The van der Waals surface area contributed by atoms with Gasteiger partial charge in [-0.25, -0.2) is 0 Å². The third kappa shape index (κ3) is 2.93. The van der Waals surface area contributed by atoms with Gasteiger partial charge in [0.25, 0.3) is 0 Å². The summed E-state index contributed by atoms with van der Waals surface area (Å²) in [6, 6.07) is 10.1. The summed E-state index contributed by atoms with van der Waals surface area (Å²) in [6.45, 7) is 0. The zero-order valence-corrected chi connectivity index (χ0v) is 9.52. The third-order valence-corrected chi connectivity index (χ3v) is 2.68. The van der Waals surface area contributed by atoms with Crippen molar-refractivity contribution in [2.45, 2.75) is 19.3 Å². The van der Waals surface area contributed by atoms with Gasteiger partial charge < -0.3 is 5.73 Å². The predicted molar refractivity (Wildman–Crippen MR) is 66.7 cm³/mol. The summed E-state index contributed by atoms with van der Waals surface area (Å²) in [5.41, 5.74) is 7.33. The molecular weight excluding hydrogens is 214 g/mol. The van der Waals surface area contributed by atoms with Gasteiger partial charge in [0, 0.05) is 6.42 Å². The summed E-state index contributed by atoms with van der Waals surface area (Å²) in [4.78, 5) is 11.8. The first-order valence-corrected chi connectivity index (χ1v) is 5.63. The van der Waals surface area contributed by atoms with E-state index in [0.717, 1.165) is 12.8 Å². The first-order valence-electron chi connectivity index (χ1n) is 5.63. The smallest absolute Gasteiger partial charge is 0.168 e. The van der Waals surface area contributed by atoms with Crippen LogP contribution in [0.3, 0.4) is 0 Å². The number of H-pyrrole nitrogens is 1. The number of carbonyl (C=O) groups is 1. The van der Waals surface area contributed by atoms with Gasteiger partial charge in [0.1, 0.15) is 5.82 Å². The molecule has 1 aromatic carbocycles. The molecule has 4 nitrogen and oxygen atoms in total. The number of aromatic amines is 1. The van der Waals surface area contributed by atoms with Crippen molar-refractivity contribution < 1.29 is 4.79 Å². The lowest BCUT2D eigenvalue weighted by molar-refractivity contribution is 0.0981. The highest BCUT2D eigenvalue weighted by Crippen LogP contribution is 2.12. The van der Waals surface area contributed by atoms with Crippen molar-refractivity contribution >= 4 is 11.6 Å². The summed E-state index contributed by atoms with van der Waals surface area (Å²) in [5.74, 6) is 0.405. The van der Waals surface area contributed by atoms with E-state index >= 15 is 0 Å². The number of benzene rings is 1. The minimum absolute atomic E-state index is 0.0483. The van der Waals surface area contributed by atoms with E-state index in [0.29, 0.717) is 17.8 Å². The number of aryl methyl sites for hydroxylation is 1. The van der Waals surface area contributed by atoms with Crippen molar-refractivity contribution in [3.63, 3.8) is 0 Å². The highest BCUT2D eigenvalue weighted by atomic mass is 16.1. The van der Waals surface area contributed by atoms with Crippen LogP contribution in [-0.2, 0) is 6.42 Å². The van der Waals surface area contributed by atoms with Gasteiger partial charge in [-0.05, 0) is 18.4 Å². The minimum atomic E-state index is 0.0483. The number of carbonyl (C=O) groups excluding carboxylic acids is 1. The summed E-state index contributed by atoms with van der Waals surface area (Å²) in [6.07, 6.45) is 3.72. The molecule has 4 heteroatoms. The molecule has 0 atom stereocenters. The van der Waals surface area contributed by atoms with Crippen LogP contribution in [-0.4, -0.2) is 16.0 Å². The average molecular weight is 229 g/mol. The molecule has 1 aromatic heterocycles. The van der Waals surface area contributed by atoms with Crippen LogP contribution in [0.15, 0.2) is 36.5 Å². The quantitative estimate of drug-likeness (QED) is 0.772. The van der Waals surface area contributed by atoms with Gasteiger partial charge in [0.05, 0.1) is 11.8 Å². The number of nitrogen functional groups attached to an aromatic ring is 1. The Balaban J connectivity index is 1.84. The fraction of sp³-hybridized carbons (Fsp3) is 0.231. The van der Waals surface area contributed by atoms with E-state index in [-0.39, 0.29) is 5.78 Å². The molecule has 1 heterocycles. The number of nitrogens with zero attached hydrogens (tertiary/aromatic N) is 1. The van der Waals surface area contributed by atoms with Crippen molar-refractivity contribution in [1.82, 2.24) is 10.2 Å². The van der Waals surface area contributed by atoms with Crippen LogP contribution in [0.1, 0.15) is 28.8 Å². The van der Waals surface area contributed by atoms with Crippen molar-refractivity contribution in [1.29, 1.82) is 0 Å². The Kier molecular flexibility index (Phi) is 3.55. The van der Waals surface area contributed by atoms with Crippen molar-refractivity contribution in [3.8, 4) is 0 Å². The molecule has 0 aliphatic heterocycles. The molecule has 0 bridgehead atoms. The first-order chi connectivity index (χ1) is 8.27. The topological polar surface area (TPSA) is 71.8 Å². The molecule has 3 N–H and O–H groups in total. The number of aromatic nitrogens is 2. The monoisotopic (exact) mass is 229 g/mol. The second kappa shape index (κ2) is 5.30. The van der Waals surface area contributed by atoms with E-state index in [4.69, 9.17) is 5.73 Å². The summed E-state index contributed by atoms with van der Waals surface area (Å²) in [5, 5.41) is 6.30. The van der Waals surface area contributed by atoms with E-state index in [1.54, 1.807) is 0 Å². The number of nitrogens with one attached hydrogen (secondary N) is 1. The standard InChI is InChI=1S/C13H15N3O/c14-13-11(9-15-16-13)12(17)8-4-7-10-5-2-1-3-6-10/h1-3,5-6,9H,4,7-8H2,(H3,14,15,16). The molecule has 0 aliphatic rings. The number of hydrogen-bond donors (Lipinski definition) is 2. The normalized spacial score (nSPS) is 10.4. The number of nitrogens with two attached hydrogens (primary N) is 1. The van der Waals surface area contributed by atoms with Crippen LogP contribution >= 0.6 is 0 Å². The molecule has 0 unspecified atom stereocenters. The Morgan fingerprint density at radius 1 is 1.29 bits per heavy atom. The Labute approximate surface area is 99.8 Å². The highest BCUT2D eigenvalue weighted by molar-refractivity contribution is 5.99. The van der Waals surface area contributed by atoms with E-state index in [9.17, 15) is 4.79 Å². The Hall–Kier alpha value is -2.10. The minimum Gasteiger partial charge on any atom is -0.383 e. The number of rotatable bonds is 5. The molecule has 0 radical (unpaired) electrons. The predicted octanol–water partition coefficient (Wildman–Crippen LogP) is 2.20. The van der Waals surface area contributed by atoms with Gasteiger partial charge in [-0.2, -0.15) is 5.10 Å². The fourth-order valence-electron chi connectivity index (χ4n) is 1.75. The van der Waals surface area contributed by atoms with Gasteiger partial charge >= 0.3 is 0 Å². The maximum atomic E-state index is 11.8. The Morgan fingerprint density at radius 3 is 2.71 bits per heavy atom. The van der Waals surface area contributed by atoms with Crippen LogP contribution in [0.4, 0.5) is 5.82 Å². The molecule has 0 saturated carbocycles. The van der Waals surface area contributed by atoms with Gasteiger partial charge in [-0.15, -0.1) is 0 Å². The molecule has 0 aliphatic carbocycles. The van der Waals surface area contributed by atoms with Crippen molar-refractivity contribution in [2.24, 2.45) is 0 Å². The third-order valence-electron chi connectivity index (χ3n) is 2.68. The number of ketones is 1. The zero-order valence-electron chi connectivity index (χ0n) is 9.52.